The first-order chi connectivity index (χ1) is 15.3. The number of benzene rings is 2. The van der Waals surface area contributed by atoms with Gasteiger partial charge in [-0.05, 0) is 61.1 Å². The van der Waals surface area contributed by atoms with Crippen LogP contribution in [0.1, 0.15) is 22.3 Å². The number of rotatable bonds is 2. The number of aryl methyl sites for hydroxylation is 2. The van der Waals surface area contributed by atoms with Crippen LogP contribution in [0, 0.1) is 0 Å². The van der Waals surface area contributed by atoms with Gasteiger partial charge in [0.25, 0.3) is 0 Å². The van der Waals surface area contributed by atoms with Crippen LogP contribution in [-0.2, 0) is 25.7 Å². The van der Waals surface area contributed by atoms with Crippen LogP contribution in [0.4, 0.5) is 11.4 Å². The summed E-state index contributed by atoms with van der Waals surface area (Å²) >= 11 is 0. The topological polar surface area (TPSA) is 66.9 Å². The minimum Gasteiger partial charge on any atom is -0.422 e. The largest absolute Gasteiger partial charge is 0.422 e. The molecule has 0 radical (unpaired) electrons. The van der Waals surface area contributed by atoms with Crippen molar-refractivity contribution in [1.82, 2.24) is 0 Å². The molecule has 1 aliphatic rings. The monoisotopic (exact) mass is 430 g/mol. The Hall–Kier alpha value is -3.54. The van der Waals surface area contributed by atoms with E-state index in [-0.39, 0.29) is 11.3 Å². The fourth-order valence-corrected chi connectivity index (χ4v) is 4.72. The third kappa shape index (κ3) is 3.27. The molecule has 0 saturated heterocycles. The Morgan fingerprint density at radius 1 is 0.594 bits per heavy atom. The number of fused-ring (bicyclic) bond motifs is 6. The summed E-state index contributed by atoms with van der Waals surface area (Å²) in [5.74, 6) is 0. The molecule has 0 N–H and O–H groups in total. The molecule has 0 saturated carbocycles. The second-order valence-electron chi connectivity index (χ2n) is 8.84. The van der Waals surface area contributed by atoms with Crippen molar-refractivity contribution in [2.75, 3.05) is 38.0 Å². The average Bonchev–Trinajstić information content (AvgIpc) is 2.73. The van der Waals surface area contributed by atoms with Crippen LogP contribution < -0.4 is 21.1 Å². The maximum Gasteiger partial charge on any atom is 0.339 e. The predicted octanol–water partition coefficient (Wildman–Crippen LogP) is 3.92. The quantitative estimate of drug-likeness (QED) is 0.449. The lowest BCUT2D eigenvalue weighted by molar-refractivity contribution is 0.536. The predicted molar refractivity (Wildman–Crippen MR) is 128 cm³/mol. The minimum absolute atomic E-state index is 0.283. The minimum atomic E-state index is -0.283. The molecular weight excluding hydrogens is 404 g/mol. The lowest BCUT2D eigenvalue weighted by atomic mass is 9.87. The molecule has 4 aromatic rings. The number of hydrogen-bond donors (Lipinski definition) is 0. The van der Waals surface area contributed by atoms with E-state index in [9.17, 15) is 9.59 Å². The molecule has 5 rings (SSSR count). The van der Waals surface area contributed by atoms with Crippen molar-refractivity contribution >= 4 is 33.3 Å². The maximum absolute atomic E-state index is 12.9. The van der Waals surface area contributed by atoms with E-state index in [4.69, 9.17) is 8.83 Å². The zero-order valence-electron chi connectivity index (χ0n) is 18.8. The molecule has 6 nitrogen and oxygen atoms in total. The van der Waals surface area contributed by atoms with Crippen LogP contribution in [0.15, 0.2) is 54.8 Å². The molecular formula is C26H26N2O4. The molecule has 2 aromatic heterocycles. The summed E-state index contributed by atoms with van der Waals surface area (Å²) in [7, 11) is 7.81. The Morgan fingerprint density at radius 2 is 0.969 bits per heavy atom. The van der Waals surface area contributed by atoms with Gasteiger partial charge in [0.15, 0.2) is 0 Å². The molecule has 32 heavy (non-hydrogen) atoms. The van der Waals surface area contributed by atoms with Crippen molar-refractivity contribution < 1.29 is 8.83 Å². The van der Waals surface area contributed by atoms with Gasteiger partial charge in [0, 0.05) is 73.6 Å². The molecule has 0 bridgehead atoms. The Morgan fingerprint density at radius 3 is 1.34 bits per heavy atom. The average molecular weight is 431 g/mol. The van der Waals surface area contributed by atoms with Crippen LogP contribution in [-0.4, -0.2) is 28.2 Å². The van der Waals surface area contributed by atoms with Crippen molar-refractivity contribution in [1.29, 1.82) is 0 Å². The molecule has 0 atom stereocenters. The van der Waals surface area contributed by atoms with E-state index < -0.39 is 0 Å². The van der Waals surface area contributed by atoms with E-state index in [0.29, 0.717) is 48.0 Å². The van der Waals surface area contributed by atoms with Gasteiger partial charge in [-0.25, -0.2) is 9.59 Å². The van der Waals surface area contributed by atoms with E-state index in [0.717, 1.165) is 33.3 Å². The van der Waals surface area contributed by atoms with Crippen molar-refractivity contribution in [3.05, 3.63) is 79.5 Å². The summed E-state index contributed by atoms with van der Waals surface area (Å²) in [5, 5.41) is 1.88. The van der Waals surface area contributed by atoms with Gasteiger partial charge < -0.3 is 18.6 Å². The summed E-state index contributed by atoms with van der Waals surface area (Å²) in [6.07, 6.45) is 2.25. The molecule has 0 unspecified atom stereocenters. The molecule has 2 aromatic carbocycles. The zero-order chi connectivity index (χ0) is 22.6. The van der Waals surface area contributed by atoms with Crippen molar-refractivity contribution in [3.8, 4) is 0 Å². The molecule has 1 aliphatic carbocycles. The van der Waals surface area contributed by atoms with Crippen molar-refractivity contribution in [2.24, 2.45) is 0 Å². The van der Waals surface area contributed by atoms with E-state index in [1.165, 1.54) is 0 Å². The highest BCUT2D eigenvalue weighted by Gasteiger charge is 2.23. The normalized spacial score (nSPS) is 13.4. The zero-order valence-corrected chi connectivity index (χ0v) is 18.8. The first-order valence-electron chi connectivity index (χ1n) is 10.9. The summed E-state index contributed by atoms with van der Waals surface area (Å²) in [6, 6.07) is 11.9. The third-order valence-corrected chi connectivity index (χ3v) is 6.49. The summed E-state index contributed by atoms with van der Waals surface area (Å²) < 4.78 is 11.4. The summed E-state index contributed by atoms with van der Waals surface area (Å²) in [6.45, 7) is 0. The van der Waals surface area contributed by atoms with Crippen LogP contribution in [0.5, 0.6) is 0 Å². The van der Waals surface area contributed by atoms with Crippen LogP contribution in [0.25, 0.3) is 21.9 Å². The van der Waals surface area contributed by atoms with E-state index in [2.05, 4.69) is 0 Å². The highest BCUT2D eigenvalue weighted by molar-refractivity contribution is 5.86. The van der Waals surface area contributed by atoms with Crippen molar-refractivity contribution in [3.63, 3.8) is 0 Å². The van der Waals surface area contributed by atoms with Gasteiger partial charge in [-0.1, -0.05) is 0 Å². The van der Waals surface area contributed by atoms with Gasteiger partial charge in [-0.3, -0.25) is 0 Å². The summed E-state index contributed by atoms with van der Waals surface area (Å²) in [4.78, 5) is 29.8. The first kappa shape index (κ1) is 20.4. The molecule has 0 fully saturated rings. The van der Waals surface area contributed by atoms with E-state index in [1.54, 1.807) is 0 Å². The lowest BCUT2D eigenvalue weighted by Gasteiger charge is -2.19. The Kier molecular flexibility index (Phi) is 4.81. The van der Waals surface area contributed by atoms with Crippen LogP contribution >= 0.6 is 0 Å². The highest BCUT2D eigenvalue weighted by atomic mass is 16.4. The second-order valence-corrected chi connectivity index (χ2v) is 8.84. The number of anilines is 2. The summed E-state index contributed by atoms with van der Waals surface area (Å²) in [5.41, 5.74) is 5.94. The second kappa shape index (κ2) is 7.55. The number of hydrogen-bond acceptors (Lipinski definition) is 6. The van der Waals surface area contributed by atoms with Crippen LogP contribution in [0.3, 0.4) is 0 Å². The SMILES string of the molecule is CN(C)c1ccc2c3c(c(=O)oc2c1)CCc1c(c(=O)oc2cc(N(C)C)ccc12)CC3. The van der Waals surface area contributed by atoms with Gasteiger partial charge in [-0.15, -0.1) is 0 Å². The highest BCUT2D eigenvalue weighted by Crippen LogP contribution is 2.31. The Bertz CT molecular complexity index is 1360. The third-order valence-electron chi connectivity index (χ3n) is 6.49. The van der Waals surface area contributed by atoms with Gasteiger partial charge in [0.2, 0.25) is 0 Å². The standard InChI is InChI=1S/C26H26N2O4/c1-27(2)15-5-7-19-17-9-11-22-18(10-12-21(17)25(29)31-23(19)13-15)20-8-6-16(28(3)4)14-24(20)32-26(22)30/h5-8,13-14H,9-12H2,1-4H3. The molecule has 2 heterocycles. The lowest BCUT2D eigenvalue weighted by Crippen LogP contribution is -2.21. The molecule has 0 amide bonds. The van der Waals surface area contributed by atoms with Crippen molar-refractivity contribution in [2.45, 2.75) is 25.7 Å². The fourth-order valence-electron chi connectivity index (χ4n) is 4.72. The van der Waals surface area contributed by atoms with Gasteiger partial charge in [0.1, 0.15) is 11.2 Å². The van der Waals surface area contributed by atoms with Gasteiger partial charge >= 0.3 is 11.3 Å². The van der Waals surface area contributed by atoms with Gasteiger partial charge in [0.05, 0.1) is 0 Å². The van der Waals surface area contributed by atoms with Crippen LogP contribution in [0.2, 0.25) is 0 Å². The Labute approximate surface area is 185 Å². The Balaban J connectivity index is 1.65. The molecule has 164 valence electrons. The van der Waals surface area contributed by atoms with E-state index in [1.807, 2.05) is 74.4 Å². The van der Waals surface area contributed by atoms with Gasteiger partial charge in [-0.2, -0.15) is 0 Å². The number of nitrogens with zero attached hydrogens (tertiary/aromatic N) is 2. The molecule has 6 heteroatoms. The maximum atomic E-state index is 12.9. The van der Waals surface area contributed by atoms with E-state index >= 15 is 0 Å². The first-order valence-corrected chi connectivity index (χ1v) is 10.9. The fraction of sp³-hybridized carbons (Fsp3) is 0.308. The molecule has 0 aliphatic heterocycles. The smallest absolute Gasteiger partial charge is 0.339 e. The molecule has 0 spiro atoms.